The maximum absolute atomic E-state index is 10.6. The number of rotatable bonds is 6. The van der Waals surface area contributed by atoms with Crippen molar-refractivity contribution in [3.8, 4) is 0 Å². The van der Waals surface area contributed by atoms with Crippen molar-refractivity contribution in [3.63, 3.8) is 0 Å². The largest absolute Gasteiger partial charge is 0.387 e. The lowest BCUT2D eigenvalue weighted by atomic mass is 9.86. The first-order valence-corrected chi connectivity index (χ1v) is 8.79. The van der Waals surface area contributed by atoms with Gasteiger partial charge in [-0.15, -0.1) is 0 Å². The predicted octanol–water partition coefficient (Wildman–Crippen LogP) is 3.82. The lowest BCUT2D eigenvalue weighted by Crippen LogP contribution is -2.32. The fraction of sp³-hybridized carbons (Fsp3) is 0.429. The Labute approximate surface area is 139 Å². The van der Waals surface area contributed by atoms with Crippen LogP contribution in [-0.2, 0) is 19.3 Å². The molecule has 122 valence electrons. The van der Waals surface area contributed by atoms with E-state index in [1.165, 1.54) is 31.2 Å². The van der Waals surface area contributed by atoms with Crippen LogP contribution in [0.15, 0.2) is 48.5 Å². The van der Waals surface area contributed by atoms with Gasteiger partial charge in [0.1, 0.15) is 0 Å². The van der Waals surface area contributed by atoms with Crippen LogP contribution >= 0.6 is 0 Å². The second-order valence-corrected chi connectivity index (χ2v) is 6.55. The summed E-state index contributed by atoms with van der Waals surface area (Å²) in [4.78, 5) is 0. The van der Waals surface area contributed by atoms with Crippen LogP contribution < -0.4 is 5.32 Å². The van der Waals surface area contributed by atoms with Gasteiger partial charge in [0, 0.05) is 6.04 Å². The smallest absolute Gasteiger partial charge is 0.0942 e. The number of hydrogen-bond donors (Lipinski definition) is 2. The number of fused-ring (bicyclic) bond motifs is 1. The molecule has 2 aromatic carbocycles. The van der Waals surface area contributed by atoms with Crippen molar-refractivity contribution >= 4 is 0 Å². The highest BCUT2D eigenvalue weighted by molar-refractivity contribution is 5.37. The van der Waals surface area contributed by atoms with E-state index >= 15 is 0 Å². The van der Waals surface area contributed by atoms with E-state index in [2.05, 4.69) is 23.5 Å². The molecule has 0 aliphatic heterocycles. The monoisotopic (exact) mass is 309 g/mol. The second-order valence-electron chi connectivity index (χ2n) is 6.55. The Morgan fingerprint density at radius 3 is 2.57 bits per heavy atom. The zero-order valence-electron chi connectivity index (χ0n) is 14.0. The van der Waals surface area contributed by atoms with Gasteiger partial charge in [-0.3, -0.25) is 0 Å². The third-order valence-electron chi connectivity index (χ3n) is 5.11. The lowest BCUT2D eigenvalue weighted by molar-refractivity contribution is 0.128. The first-order chi connectivity index (χ1) is 11.3. The molecule has 0 saturated heterocycles. The van der Waals surface area contributed by atoms with E-state index in [4.69, 9.17) is 0 Å². The molecule has 0 saturated carbocycles. The molecule has 0 aromatic heterocycles. The fourth-order valence-electron chi connectivity index (χ4n) is 3.75. The van der Waals surface area contributed by atoms with Gasteiger partial charge in [-0.05, 0) is 67.8 Å². The van der Waals surface area contributed by atoms with Gasteiger partial charge in [0.15, 0.2) is 0 Å². The zero-order valence-corrected chi connectivity index (χ0v) is 14.0. The topological polar surface area (TPSA) is 32.3 Å². The van der Waals surface area contributed by atoms with E-state index in [9.17, 15) is 5.11 Å². The van der Waals surface area contributed by atoms with Crippen LogP contribution in [0.25, 0.3) is 0 Å². The third-order valence-corrected chi connectivity index (χ3v) is 5.11. The van der Waals surface area contributed by atoms with Crippen molar-refractivity contribution in [3.05, 3.63) is 70.8 Å². The van der Waals surface area contributed by atoms with Gasteiger partial charge >= 0.3 is 0 Å². The molecule has 0 fully saturated rings. The number of benzene rings is 2. The van der Waals surface area contributed by atoms with Gasteiger partial charge in [-0.25, -0.2) is 0 Å². The number of nitrogens with one attached hydrogen (secondary N) is 1. The summed E-state index contributed by atoms with van der Waals surface area (Å²) in [6, 6.07) is 16.8. The fourth-order valence-corrected chi connectivity index (χ4v) is 3.75. The van der Waals surface area contributed by atoms with Crippen molar-refractivity contribution in [1.29, 1.82) is 0 Å². The Kier molecular flexibility index (Phi) is 5.47. The first-order valence-electron chi connectivity index (χ1n) is 8.79. The molecule has 1 aliphatic rings. The first kappa shape index (κ1) is 16.2. The van der Waals surface area contributed by atoms with E-state index in [1.807, 2.05) is 37.4 Å². The van der Waals surface area contributed by atoms with Crippen LogP contribution in [0.2, 0.25) is 0 Å². The van der Waals surface area contributed by atoms with Crippen molar-refractivity contribution < 1.29 is 5.11 Å². The molecule has 2 aromatic rings. The highest BCUT2D eigenvalue weighted by Gasteiger charge is 2.20. The van der Waals surface area contributed by atoms with E-state index in [0.717, 1.165) is 18.4 Å². The minimum Gasteiger partial charge on any atom is -0.387 e. The molecule has 3 rings (SSSR count). The normalized spacial score (nSPS) is 16.6. The minimum absolute atomic E-state index is 0.0804. The van der Waals surface area contributed by atoms with Crippen LogP contribution in [0.1, 0.15) is 47.6 Å². The highest BCUT2D eigenvalue weighted by Crippen LogP contribution is 2.27. The molecule has 0 bridgehead atoms. The summed E-state index contributed by atoms with van der Waals surface area (Å²) in [6.07, 6.45) is 6.60. The SMILES string of the molecule is CNC(CCc1cccc2c1CCCC2)C(O)c1ccccc1. The van der Waals surface area contributed by atoms with Crippen molar-refractivity contribution in [2.24, 2.45) is 0 Å². The van der Waals surface area contributed by atoms with Crippen LogP contribution in [-0.4, -0.2) is 18.2 Å². The van der Waals surface area contributed by atoms with Gasteiger partial charge in [0.2, 0.25) is 0 Å². The van der Waals surface area contributed by atoms with Crippen molar-refractivity contribution in [2.75, 3.05) is 7.05 Å². The van der Waals surface area contributed by atoms with E-state index in [1.54, 1.807) is 11.1 Å². The van der Waals surface area contributed by atoms with Gasteiger partial charge in [-0.2, -0.15) is 0 Å². The summed E-state index contributed by atoms with van der Waals surface area (Å²) in [6.45, 7) is 0. The average Bonchev–Trinajstić information content (AvgIpc) is 2.63. The molecule has 2 atom stereocenters. The summed E-state index contributed by atoms with van der Waals surface area (Å²) in [5.74, 6) is 0. The van der Waals surface area contributed by atoms with Crippen molar-refractivity contribution in [2.45, 2.75) is 50.7 Å². The summed E-state index contributed by atoms with van der Waals surface area (Å²) in [5.41, 5.74) is 5.57. The van der Waals surface area contributed by atoms with Crippen molar-refractivity contribution in [1.82, 2.24) is 5.32 Å². The molecule has 2 unspecified atom stereocenters. The van der Waals surface area contributed by atoms with Gasteiger partial charge in [0.05, 0.1) is 6.10 Å². The van der Waals surface area contributed by atoms with E-state index < -0.39 is 6.10 Å². The Bertz CT molecular complexity index is 623. The zero-order chi connectivity index (χ0) is 16.1. The molecular weight excluding hydrogens is 282 g/mol. The molecule has 2 N–H and O–H groups in total. The molecule has 0 spiro atoms. The predicted molar refractivity (Wildman–Crippen MR) is 95.7 cm³/mol. The summed E-state index contributed by atoms with van der Waals surface area (Å²) >= 11 is 0. The number of hydrogen-bond acceptors (Lipinski definition) is 2. The summed E-state index contributed by atoms with van der Waals surface area (Å²) in [5, 5.41) is 13.9. The number of aliphatic hydroxyl groups excluding tert-OH is 1. The Balaban J connectivity index is 1.69. The molecule has 0 amide bonds. The van der Waals surface area contributed by atoms with Gasteiger partial charge in [0.25, 0.3) is 0 Å². The quantitative estimate of drug-likeness (QED) is 0.850. The van der Waals surface area contributed by atoms with Gasteiger partial charge in [-0.1, -0.05) is 48.5 Å². The molecule has 0 radical (unpaired) electrons. The molecule has 2 nitrogen and oxygen atoms in total. The molecule has 2 heteroatoms. The van der Waals surface area contributed by atoms with Crippen LogP contribution in [0.3, 0.4) is 0 Å². The summed E-state index contributed by atoms with van der Waals surface area (Å²) < 4.78 is 0. The maximum Gasteiger partial charge on any atom is 0.0942 e. The number of aliphatic hydroxyl groups is 1. The Hall–Kier alpha value is -1.64. The number of aryl methyl sites for hydroxylation is 2. The van der Waals surface area contributed by atoms with Gasteiger partial charge < -0.3 is 10.4 Å². The molecule has 23 heavy (non-hydrogen) atoms. The summed E-state index contributed by atoms with van der Waals surface area (Å²) in [7, 11) is 1.94. The van der Waals surface area contributed by atoms with E-state index in [0.29, 0.717) is 0 Å². The van der Waals surface area contributed by atoms with Crippen LogP contribution in [0.5, 0.6) is 0 Å². The standard InChI is InChI=1S/C21H27NO/c1-22-20(21(23)18-9-3-2-4-10-18)15-14-17-12-7-11-16-8-5-6-13-19(16)17/h2-4,7,9-12,20-23H,5-6,8,13-15H2,1H3. The minimum atomic E-state index is -0.458. The molecule has 1 aliphatic carbocycles. The third kappa shape index (κ3) is 3.82. The highest BCUT2D eigenvalue weighted by atomic mass is 16.3. The van der Waals surface area contributed by atoms with E-state index in [-0.39, 0.29) is 6.04 Å². The molecule has 0 heterocycles. The second kappa shape index (κ2) is 7.76. The molecular formula is C21H27NO. The Morgan fingerprint density at radius 1 is 1.00 bits per heavy atom. The Morgan fingerprint density at radius 2 is 1.78 bits per heavy atom. The number of likely N-dealkylation sites (N-methyl/N-ethyl adjacent to an activating group) is 1. The lowest BCUT2D eigenvalue weighted by Gasteiger charge is -2.24. The maximum atomic E-state index is 10.6. The average molecular weight is 309 g/mol. The van der Waals surface area contributed by atoms with Crippen LogP contribution in [0.4, 0.5) is 0 Å². The van der Waals surface area contributed by atoms with Crippen LogP contribution in [0, 0.1) is 0 Å².